The van der Waals surface area contributed by atoms with Crippen molar-refractivity contribution in [3.63, 3.8) is 0 Å². The Morgan fingerprint density at radius 1 is 0.886 bits per heavy atom. The molecule has 0 fully saturated rings. The predicted octanol–water partition coefficient (Wildman–Crippen LogP) is 4.79. The van der Waals surface area contributed by atoms with E-state index in [-0.39, 0.29) is 23.8 Å². The maximum absolute atomic E-state index is 12.7. The fourth-order valence-electron chi connectivity index (χ4n) is 3.96. The number of rotatable bonds is 6. The lowest BCUT2D eigenvalue weighted by Gasteiger charge is -2.17. The van der Waals surface area contributed by atoms with E-state index in [0.29, 0.717) is 0 Å². The van der Waals surface area contributed by atoms with Gasteiger partial charge in [0, 0.05) is 17.2 Å². The van der Waals surface area contributed by atoms with Crippen molar-refractivity contribution in [2.24, 2.45) is 0 Å². The fraction of sp³-hybridized carbons (Fsp3) is 0.160. The highest BCUT2D eigenvalue weighted by molar-refractivity contribution is 5.97. The summed E-state index contributed by atoms with van der Waals surface area (Å²) in [5, 5.41) is 12.6. The van der Waals surface area contributed by atoms with Gasteiger partial charge in [-0.1, -0.05) is 48.5 Å². The van der Waals surface area contributed by atoms with Gasteiger partial charge in [0.2, 0.25) is 6.04 Å². The minimum absolute atomic E-state index is 0.0916. The third-order valence-corrected chi connectivity index (χ3v) is 5.59. The molecule has 1 atom stereocenters. The Labute approximate surface area is 197 Å². The second-order valence-electron chi connectivity index (χ2n) is 7.81. The van der Waals surface area contributed by atoms with Crippen LogP contribution >= 0.6 is 0 Å². The molecule has 180 valence electrons. The Morgan fingerprint density at radius 3 is 1.94 bits per heavy atom. The van der Waals surface area contributed by atoms with Crippen LogP contribution in [0.3, 0.4) is 0 Å². The summed E-state index contributed by atoms with van der Waals surface area (Å²) >= 11 is 0. The highest BCUT2D eigenvalue weighted by atomic mass is 19.4. The van der Waals surface area contributed by atoms with Gasteiger partial charge in [-0.3, -0.25) is 10.1 Å². The van der Waals surface area contributed by atoms with Crippen LogP contribution in [0.25, 0.3) is 11.1 Å². The monoisotopic (exact) mass is 484 g/mol. The number of benzene rings is 3. The molecule has 3 N–H and O–H groups in total. The van der Waals surface area contributed by atoms with Crippen molar-refractivity contribution < 1.29 is 37.4 Å². The molecular formula is C25H19F3N2O5. The number of carboxylic acid groups (broad SMARTS) is 1. The number of ether oxygens (including phenoxy) is 1. The molecule has 0 radical (unpaired) electrons. The third-order valence-electron chi connectivity index (χ3n) is 5.59. The number of nitrogens with one attached hydrogen (secondary N) is 2. The Morgan fingerprint density at radius 2 is 1.43 bits per heavy atom. The summed E-state index contributed by atoms with van der Waals surface area (Å²) in [6.07, 6.45) is -5.89. The van der Waals surface area contributed by atoms with Crippen molar-refractivity contribution in [3.8, 4) is 11.1 Å². The first-order chi connectivity index (χ1) is 16.6. The molecule has 0 aliphatic heterocycles. The molecule has 0 heterocycles. The average molecular weight is 484 g/mol. The van der Waals surface area contributed by atoms with Crippen LogP contribution in [0.15, 0.2) is 72.8 Å². The second-order valence-corrected chi connectivity index (χ2v) is 7.81. The van der Waals surface area contributed by atoms with Crippen molar-refractivity contribution in [2.45, 2.75) is 18.1 Å². The first-order valence-electron chi connectivity index (χ1n) is 10.5. The SMILES string of the molecule is O=C(Nc1ccc(C(=O)NC(C(=O)O)C(F)(F)F)cc1)OCC1c2ccccc2-c2ccccc21. The minimum Gasteiger partial charge on any atom is -0.479 e. The third kappa shape index (κ3) is 5.11. The lowest BCUT2D eigenvalue weighted by atomic mass is 9.98. The molecular weight excluding hydrogens is 465 g/mol. The maximum atomic E-state index is 12.7. The number of carbonyl (C=O) groups excluding carboxylic acids is 2. The average Bonchev–Trinajstić information content (AvgIpc) is 3.14. The molecule has 3 aromatic carbocycles. The number of aliphatic carboxylic acids is 1. The smallest absolute Gasteiger partial charge is 0.419 e. The topological polar surface area (TPSA) is 105 Å². The first-order valence-corrected chi connectivity index (χ1v) is 10.5. The maximum Gasteiger partial charge on any atom is 0.419 e. The molecule has 0 spiro atoms. The van der Waals surface area contributed by atoms with Gasteiger partial charge in [0.25, 0.3) is 5.91 Å². The lowest BCUT2D eigenvalue weighted by molar-refractivity contribution is -0.178. The Balaban J connectivity index is 1.37. The summed E-state index contributed by atoms with van der Waals surface area (Å²) in [4.78, 5) is 35.1. The molecule has 35 heavy (non-hydrogen) atoms. The molecule has 7 nitrogen and oxygen atoms in total. The van der Waals surface area contributed by atoms with Crippen LogP contribution in [0.1, 0.15) is 27.4 Å². The number of carbonyl (C=O) groups is 3. The summed E-state index contributed by atoms with van der Waals surface area (Å²) in [6, 6.07) is 17.6. The number of carboxylic acids is 1. The number of amides is 2. The van der Waals surface area contributed by atoms with Crippen LogP contribution in [0.2, 0.25) is 0 Å². The summed E-state index contributed by atoms with van der Waals surface area (Å²) in [7, 11) is 0. The van der Waals surface area contributed by atoms with Crippen molar-refractivity contribution in [3.05, 3.63) is 89.5 Å². The standard InChI is InChI=1S/C25H19F3N2O5/c26-25(27,28)21(23(32)33)30-22(31)14-9-11-15(12-10-14)29-24(34)35-13-20-18-7-3-1-5-16(18)17-6-2-4-8-19(17)20/h1-12,20-21H,13H2,(H,29,34)(H,30,31)(H,32,33). The van der Waals surface area contributed by atoms with Gasteiger partial charge in [-0.25, -0.2) is 9.59 Å². The van der Waals surface area contributed by atoms with Gasteiger partial charge < -0.3 is 15.2 Å². The van der Waals surface area contributed by atoms with E-state index in [1.54, 1.807) is 0 Å². The van der Waals surface area contributed by atoms with Crippen LogP contribution in [-0.2, 0) is 9.53 Å². The van der Waals surface area contributed by atoms with Crippen molar-refractivity contribution in [1.82, 2.24) is 5.32 Å². The quantitative estimate of drug-likeness (QED) is 0.467. The fourth-order valence-corrected chi connectivity index (χ4v) is 3.96. The van der Waals surface area contributed by atoms with Gasteiger partial charge in [0.05, 0.1) is 0 Å². The number of hydrogen-bond acceptors (Lipinski definition) is 4. The Kier molecular flexibility index (Phi) is 6.46. The minimum atomic E-state index is -5.15. The van der Waals surface area contributed by atoms with E-state index >= 15 is 0 Å². The van der Waals surface area contributed by atoms with E-state index < -0.39 is 30.2 Å². The normalized spacial score (nSPS) is 13.3. The molecule has 0 bridgehead atoms. The van der Waals surface area contributed by atoms with Gasteiger partial charge in [-0.05, 0) is 46.5 Å². The van der Waals surface area contributed by atoms with E-state index in [2.05, 4.69) is 5.32 Å². The molecule has 1 unspecified atom stereocenters. The van der Waals surface area contributed by atoms with Gasteiger partial charge in [0.15, 0.2) is 0 Å². The number of hydrogen-bond donors (Lipinski definition) is 3. The highest BCUT2D eigenvalue weighted by Crippen LogP contribution is 2.44. The lowest BCUT2D eigenvalue weighted by Crippen LogP contribution is -2.50. The summed E-state index contributed by atoms with van der Waals surface area (Å²) in [6.45, 7) is 0.0916. The summed E-state index contributed by atoms with van der Waals surface area (Å²) in [5.41, 5.74) is 4.30. The zero-order chi connectivity index (χ0) is 25.2. The zero-order valence-corrected chi connectivity index (χ0v) is 18.0. The predicted molar refractivity (Wildman–Crippen MR) is 120 cm³/mol. The van der Waals surface area contributed by atoms with Gasteiger partial charge in [-0.15, -0.1) is 0 Å². The highest BCUT2D eigenvalue weighted by Gasteiger charge is 2.46. The van der Waals surface area contributed by atoms with Crippen LogP contribution in [0, 0.1) is 0 Å². The van der Waals surface area contributed by atoms with Crippen molar-refractivity contribution in [2.75, 3.05) is 11.9 Å². The molecule has 0 aromatic heterocycles. The molecule has 1 aliphatic carbocycles. The van der Waals surface area contributed by atoms with Crippen molar-refractivity contribution in [1.29, 1.82) is 0 Å². The van der Waals surface area contributed by atoms with Crippen LogP contribution in [0.4, 0.5) is 23.7 Å². The van der Waals surface area contributed by atoms with Crippen LogP contribution in [-0.4, -0.2) is 41.9 Å². The molecule has 4 rings (SSSR count). The van der Waals surface area contributed by atoms with Crippen LogP contribution < -0.4 is 10.6 Å². The van der Waals surface area contributed by atoms with Gasteiger partial charge >= 0.3 is 18.2 Å². The molecule has 3 aromatic rings. The van der Waals surface area contributed by atoms with Gasteiger partial charge in [0.1, 0.15) is 6.61 Å². The van der Waals surface area contributed by atoms with Gasteiger partial charge in [-0.2, -0.15) is 13.2 Å². The van der Waals surface area contributed by atoms with E-state index in [4.69, 9.17) is 9.84 Å². The second kappa shape index (κ2) is 9.49. The molecule has 2 amide bonds. The molecule has 0 saturated carbocycles. The number of halogens is 3. The number of anilines is 1. The molecule has 0 saturated heterocycles. The van der Waals surface area contributed by atoms with E-state index in [0.717, 1.165) is 34.4 Å². The molecule has 1 aliphatic rings. The Bertz CT molecular complexity index is 1230. The number of fused-ring (bicyclic) bond motifs is 3. The Hall–Kier alpha value is -4.34. The largest absolute Gasteiger partial charge is 0.479 e. The van der Waals surface area contributed by atoms with Crippen molar-refractivity contribution >= 4 is 23.7 Å². The summed E-state index contributed by atoms with van der Waals surface area (Å²) in [5.74, 6) is -3.57. The first kappa shape index (κ1) is 23.8. The van der Waals surface area contributed by atoms with Crippen LogP contribution in [0.5, 0.6) is 0 Å². The zero-order valence-electron chi connectivity index (χ0n) is 18.0. The van der Waals surface area contributed by atoms with E-state index in [1.165, 1.54) is 17.4 Å². The summed E-state index contributed by atoms with van der Waals surface area (Å²) < 4.78 is 43.7. The number of alkyl halides is 3. The van der Waals surface area contributed by atoms with E-state index in [9.17, 15) is 27.6 Å². The van der Waals surface area contributed by atoms with E-state index in [1.807, 2.05) is 48.5 Å². The molecule has 10 heteroatoms.